The van der Waals surface area contributed by atoms with Crippen molar-refractivity contribution >= 4 is 134 Å². The fraction of sp³-hybridized carbons (Fsp3) is 0.574. The van der Waals surface area contributed by atoms with Gasteiger partial charge in [0.05, 0.1) is 37.7 Å². The number of phenols is 3. The Balaban J connectivity index is 1.21. The number of carbonyl (C=O) groups is 17. The van der Waals surface area contributed by atoms with Crippen LogP contribution in [0, 0.1) is 10.8 Å². The minimum atomic E-state index is -2.01. The number of unbranched alkanes of at least 4 members (excludes halogenated alkanes) is 7. The molecule has 0 aliphatic carbocycles. The molecule has 4 aliphatic rings. The molecule has 0 spiro atoms. The van der Waals surface area contributed by atoms with Crippen LogP contribution < -0.4 is 103 Å². The number of fused-ring (bicyclic) bond motifs is 1. The van der Waals surface area contributed by atoms with E-state index in [4.69, 9.17) is 44.2 Å². The minimum absolute atomic E-state index is 0.0178. The maximum Gasteiger partial charge on any atom is 0.326 e. The van der Waals surface area contributed by atoms with Crippen LogP contribution in [0.3, 0.4) is 0 Å². The lowest BCUT2D eigenvalue weighted by Crippen LogP contribution is -2.62. The average molecular weight is 2070 g/mol. The number of aromatic amines is 1. The van der Waals surface area contributed by atoms with Crippen molar-refractivity contribution in [1.82, 2.24) is 99.1 Å². The van der Waals surface area contributed by atoms with Crippen LogP contribution in [0.5, 0.6) is 17.2 Å². The van der Waals surface area contributed by atoms with E-state index in [0.29, 0.717) is 58.5 Å². The third-order valence-electron chi connectivity index (χ3n) is 24.9. The molecule has 32 N–H and O–H groups in total. The van der Waals surface area contributed by atoms with Crippen LogP contribution in [0.1, 0.15) is 171 Å². The van der Waals surface area contributed by atoms with Crippen molar-refractivity contribution in [2.45, 2.75) is 271 Å². The number of H-pyrrole nitrogens is 1. The summed E-state index contributed by atoms with van der Waals surface area (Å²) in [7, 11) is 1.42. The molecule has 4 aliphatic heterocycles. The van der Waals surface area contributed by atoms with Crippen LogP contribution in [0.15, 0.2) is 85.3 Å². The number of hydrogen-bond acceptors (Lipinski definition) is 29. The van der Waals surface area contributed by atoms with Crippen LogP contribution >= 0.6 is 21.6 Å². The zero-order valence-electron chi connectivity index (χ0n) is 81.4. The number of aromatic hydroxyl groups is 3. The number of benzene rings is 3. The van der Waals surface area contributed by atoms with Crippen molar-refractivity contribution in [2.24, 2.45) is 28.7 Å². The number of aromatic nitrogens is 2. The molecule has 0 radical (unpaired) electrons. The summed E-state index contributed by atoms with van der Waals surface area (Å²) < 4.78 is 6.15. The summed E-state index contributed by atoms with van der Waals surface area (Å²) in [6.07, 6.45) is 6.27. The maximum atomic E-state index is 16.0. The molecule has 145 heavy (non-hydrogen) atoms. The maximum absolute atomic E-state index is 16.0. The lowest BCUT2D eigenvalue weighted by molar-refractivity contribution is -0.152. The van der Waals surface area contributed by atoms with E-state index in [1.807, 2.05) is 0 Å². The molecule has 16 atom stereocenters. The second kappa shape index (κ2) is 60.2. The molecule has 4 aromatic rings. The molecule has 8 rings (SSSR count). The monoisotopic (exact) mass is 2070 g/mol. The lowest BCUT2D eigenvalue weighted by atomic mass is 10.0. The van der Waals surface area contributed by atoms with E-state index in [0.717, 1.165) is 45.4 Å². The number of nitrogens with two attached hydrogens (primary N) is 5. The number of aliphatic carboxylic acids is 1. The van der Waals surface area contributed by atoms with E-state index in [1.165, 1.54) is 100 Å². The lowest BCUT2D eigenvalue weighted by Gasteiger charge is -2.33. The van der Waals surface area contributed by atoms with Crippen LogP contribution in [0.2, 0.25) is 0 Å². The number of carboxylic acids is 1. The second-order valence-corrected chi connectivity index (χ2v) is 38.8. The zero-order chi connectivity index (χ0) is 106. The van der Waals surface area contributed by atoms with Gasteiger partial charge in [0.15, 0.2) is 11.9 Å². The molecular weight excluding hydrogens is 1930 g/mol. The predicted octanol–water partition coefficient (Wildman–Crippen LogP) is -4.30. The summed E-state index contributed by atoms with van der Waals surface area (Å²) in [5, 5.41) is 105. The molecule has 0 unspecified atom stereocenters. The van der Waals surface area contributed by atoms with E-state index < -0.39 is 259 Å². The molecule has 4 saturated heterocycles. The number of rotatable bonds is 46. The first-order valence-corrected chi connectivity index (χ1v) is 51.3. The molecule has 4 fully saturated rings. The first-order valence-electron chi connectivity index (χ1n) is 48.8. The Morgan fingerprint density at radius 3 is 1.70 bits per heavy atom. The second-order valence-electron chi connectivity index (χ2n) is 36.2. The van der Waals surface area contributed by atoms with Crippen LogP contribution in [-0.4, -0.2) is 330 Å². The van der Waals surface area contributed by atoms with E-state index in [9.17, 15) is 73.5 Å². The van der Waals surface area contributed by atoms with E-state index in [-0.39, 0.29) is 145 Å². The van der Waals surface area contributed by atoms with Crippen molar-refractivity contribution in [1.29, 1.82) is 10.8 Å². The topological polar surface area (TPSA) is 785 Å². The third-order valence-corrected chi connectivity index (χ3v) is 27.3. The number of carboxylic acid groups (broad SMARTS) is 1. The number of amides is 16. The highest BCUT2D eigenvalue weighted by Crippen LogP contribution is 2.29. The number of aliphatic hydroxyl groups is 1. The minimum Gasteiger partial charge on any atom is -0.508 e. The number of ether oxygens (including phenoxy) is 1. The van der Waals surface area contributed by atoms with Gasteiger partial charge in [-0.1, -0.05) is 110 Å². The van der Waals surface area contributed by atoms with Crippen LogP contribution in [-0.2, 0) is 112 Å². The Bertz CT molecular complexity index is 5030. The van der Waals surface area contributed by atoms with Gasteiger partial charge >= 0.3 is 5.97 Å². The van der Waals surface area contributed by atoms with E-state index >= 15 is 33.6 Å². The Morgan fingerprint density at radius 1 is 0.559 bits per heavy atom. The van der Waals surface area contributed by atoms with Gasteiger partial charge in [-0.2, -0.15) is 0 Å². The number of phenolic OH excluding ortho intramolecular Hbond substituents is 3. The molecular formula is C94H140N26O23S2. The molecule has 16 amide bonds. The molecule has 49 nitrogen and oxygen atoms in total. The molecule has 3 aromatic carbocycles. The number of aliphatic hydroxyl groups excluding tert-OH is 1. The highest BCUT2D eigenvalue weighted by Gasteiger charge is 2.46. The van der Waals surface area contributed by atoms with Crippen molar-refractivity contribution < 1.29 is 112 Å². The normalized spacial score (nSPS) is 21.2. The Morgan fingerprint density at radius 2 is 1.10 bits per heavy atom. The molecule has 5 heterocycles. The number of primary amides is 1. The number of likely N-dealkylation sites (tertiary alicyclic amines) is 2. The number of hydrogen-bond donors (Lipinski definition) is 27. The van der Waals surface area contributed by atoms with Gasteiger partial charge in [0.25, 0.3) is 0 Å². The Kier molecular flexibility index (Phi) is 48.4. The van der Waals surface area contributed by atoms with Crippen molar-refractivity contribution in [3.8, 4) is 17.2 Å². The van der Waals surface area contributed by atoms with E-state index in [1.54, 1.807) is 0 Å². The van der Waals surface area contributed by atoms with E-state index in [2.05, 4.69) is 91.3 Å². The van der Waals surface area contributed by atoms with Crippen LogP contribution in [0.4, 0.5) is 0 Å². The summed E-state index contributed by atoms with van der Waals surface area (Å²) in [5.74, 6) is -19.7. The summed E-state index contributed by atoms with van der Waals surface area (Å²) in [4.78, 5) is 259. The number of nitrogens with one attached hydrogen (secondary N) is 17. The summed E-state index contributed by atoms with van der Waals surface area (Å²) in [6, 6.07) is -7.42. The first-order chi connectivity index (χ1) is 69.3. The van der Waals surface area contributed by atoms with Gasteiger partial charge in [0, 0.05) is 95.0 Å². The molecule has 1 aromatic heterocycles. The molecule has 796 valence electrons. The van der Waals surface area contributed by atoms with Gasteiger partial charge in [0.2, 0.25) is 94.5 Å². The van der Waals surface area contributed by atoms with Crippen molar-refractivity contribution in [2.75, 3.05) is 70.5 Å². The molecule has 51 heteroatoms. The van der Waals surface area contributed by atoms with Gasteiger partial charge in [-0.25, -0.2) is 9.78 Å². The quantitative estimate of drug-likeness (QED) is 0.00861. The highest BCUT2D eigenvalue weighted by atomic mass is 33.1. The fourth-order valence-corrected chi connectivity index (χ4v) is 19.1. The smallest absolute Gasteiger partial charge is 0.326 e. The standard InChI is InChI=1S/C94H140N26O23S2/c1-3-4-5-6-7-8-9-10-42-143-49-69(85(134)110-65(33-34-75(97)125)90(139)119-40-14-19-73(119)91(140)120-41-15-20-74(120)92(141)142)114-82(131)66(44-55-23-29-59(123)30-24-55)113-87(136)70-50-144-145-51-71(116-89(138)77(53(2)121)117-84(133)68(46-57-47-102-52-107-57)111-79(128)62(96)43-54-21-27-58(122)28-22-54)86(135)109-63(16-11-36-104-93(98)99)80(129)106-48-76(126)118-39-13-18-72(118)88(137)103-38-35-61(95)78(127)108-64(17-12-37-105-94(100)101)81(130)112-67(83(132)115-70)45-56-25-31-60(124)32-26-56/h21-32,47,52-53,61-74,77,121-124H,3-20,33-46,48-51,95-96H2,1-2H3,(H2,97,125)(H,102,107)(H,103,137)(H,106,129)(H,108,127)(H,109,135)(H,110,134)(H,111,128)(H,112,130)(H,113,136)(H,114,131)(H,115,132)(H,116,138)(H,117,133)(H,141,142)(H4,98,99,104)(H4,100,101,105)/t53-,61+,62+,63+,64+,65+,66+,67+,68+,69+,70+,71+,72-,73-,74+,77+/m1/s1. The summed E-state index contributed by atoms with van der Waals surface area (Å²) in [5.41, 5.74) is 31.1. The first kappa shape index (κ1) is 117. The largest absolute Gasteiger partial charge is 0.508 e. The van der Waals surface area contributed by atoms with Crippen molar-refractivity contribution in [3.63, 3.8) is 0 Å². The van der Waals surface area contributed by atoms with Crippen molar-refractivity contribution in [3.05, 3.63) is 108 Å². The zero-order valence-corrected chi connectivity index (χ0v) is 83.0. The summed E-state index contributed by atoms with van der Waals surface area (Å²) >= 11 is 0. The molecule has 0 bridgehead atoms. The Hall–Kier alpha value is -13.7. The van der Waals surface area contributed by atoms with Gasteiger partial charge < -0.3 is 153 Å². The highest BCUT2D eigenvalue weighted by molar-refractivity contribution is 8.76. The average Bonchev–Trinajstić information content (AvgIpc) is 1.66. The Labute approximate surface area is 846 Å². The predicted molar refractivity (Wildman–Crippen MR) is 532 cm³/mol. The van der Waals surface area contributed by atoms with Gasteiger partial charge in [-0.15, -0.1) is 0 Å². The number of guanidine groups is 2. The van der Waals surface area contributed by atoms with Gasteiger partial charge in [-0.05, 0) is 150 Å². The SMILES string of the molecule is CCCCCCCCCCOC[C@H](NC(=O)[C@H](Cc1ccc(O)cc1)NC(=O)[C@@H]1CSSC[C@H](NC(=O)[C@@H](NC(=O)[C@H](Cc2cnc[nH]2)NC(=O)[C@@H](N)Cc2ccc(O)cc2)[C@@H](C)O)C(=O)N[C@@H](CCCNC(=N)N)C(=O)NCC(=O)N2CCC[C@@H]2C(=O)NCC[C@H](N)C(=O)N[C@@H](CCCNC(=N)N)C(=O)N[C@@H](Cc2ccc(O)cc2)C(=O)N1)C(=O)N[C@@H](CCC(N)=O)C(=O)N1CCC[C@@H]1C(=O)N1CCC[C@H]1C(=O)O. The molecule has 0 saturated carbocycles. The summed E-state index contributed by atoms with van der Waals surface area (Å²) in [6.45, 7) is 1.63. The van der Waals surface area contributed by atoms with Crippen LogP contribution in [0.25, 0.3) is 0 Å². The number of nitrogens with zero attached hydrogens (tertiary/aromatic N) is 4. The number of imidazole rings is 1. The van der Waals surface area contributed by atoms with Gasteiger partial charge in [-0.3, -0.25) is 87.5 Å². The fourth-order valence-electron chi connectivity index (χ4n) is 16.8. The third kappa shape index (κ3) is 39.1. The number of carbonyl (C=O) groups excluding carboxylic acids is 16. The van der Waals surface area contributed by atoms with Gasteiger partial charge in [0.1, 0.15) is 95.8 Å².